The molecule has 2 aliphatic carbocycles. The number of allylic oxidation sites excluding steroid dienone is 4. The van der Waals surface area contributed by atoms with Crippen molar-refractivity contribution in [3.63, 3.8) is 0 Å². The largest absolute Gasteiger partial charge is 0.318 e. The number of nitrogens with zero attached hydrogens (tertiary/aromatic N) is 2. The third-order valence-electron chi connectivity index (χ3n) is 9.97. The Morgan fingerprint density at radius 3 is 1.64 bits per heavy atom. The fraction of sp³-hybridized carbons (Fsp3) is 0.371. The lowest BCUT2D eigenvalue weighted by molar-refractivity contribution is -0.123. The minimum Gasteiger partial charge on any atom is -0.318 e. The van der Waals surface area contributed by atoms with Gasteiger partial charge in [-0.05, 0) is 78.3 Å². The van der Waals surface area contributed by atoms with E-state index in [1.807, 2.05) is 30.3 Å². The molecule has 0 N–H and O–H groups in total. The lowest BCUT2D eigenvalue weighted by Gasteiger charge is -2.25. The molecular formula is C35H38N2O2. The van der Waals surface area contributed by atoms with Crippen molar-refractivity contribution < 1.29 is 9.59 Å². The average molecular weight is 519 g/mol. The van der Waals surface area contributed by atoms with Crippen LogP contribution in [0.2, 0.25) is 0 Å². The molecule has 2 aromatic rings. The van der Waals surface area contributed by atoms with Gasteiger partial charge in [-0.15, -0.1) is 13.2 Å². The molecule has 2 heterocycles. The van der Waals surface area contributed by atoms with Gasteiger partial charge in [0.1, 0.15) is 0 Å². The monoisotopic (exact) mass is 518 g/mol. The predicted octanol–water partition coefficient (Wildman–Crippen LogP) is 7.15. The van der Waals surface area contributed by atoms with E-state index in [4.69, 9.17) is 0 Å². The summed E-state index contributed by atoms with van der Waals surface area (Å²) in [6.07, 6.45) is 6.72. The van der Waals surface area contributed by atoms with Crippen molar-refractivity contribution in [3.8, 4) is 0 Å². The zero-order valence-electron chi connectivity index (χ0n) is 23.1. The van der Waals surface area contributed by atoms with Gasteiger partial charge in [0.05, 0.1) is 17.5 Å². The van der Waals surface area contributed by atoms with Crippen molar-refractivity contribution in [1.29, 1.82) is 0 Å². The fourth-order valence-corrected chi connectivity index (χ4v) is 8.13. The summed E-state index contributed by atoms with van der Waals surface area (Å²) >= 11 is 0. The van der Waals surface area contributed by atoms with Gasteiger partial charge in [0.2, 0.25) is 11.8 Å². The lowest BCUT2D eigenvalue weighted by Crippen LogP contribution is -2.33. The predicted molar refractivity (Wildman–Crippen MR) is 158 cm³/mol. The van der Waals surface area contributed by atoms with Crippen LogP contribution in [0.4, 0.5) is 11.4 Å². The van der Waals surface area contributed by atoms with E-state index in [1.165, 1.54) is 10.5 Å². The van der Waals surface area contributed by atoms with Gasteiger partial charge in [0.25, 0.3) is 0 Å². The number of carbonyl (C=O) groups is 2. The number of amides is 2. The summed E-state index contributed by atoms with van der Waals surface area (Å²) in [5.41, 5.74) is 6.38. The molecule has 8 atom stereocenters. The molecule has 0 aromatic heterocycles. The highest BCUT2D eigenvalue weighted by atomic mass is 16.2. The van der Waals surface area contributed by atoms with Gasteiger partial charge in [-0.25, -0.2) is 0 Å². The number of rotatable bonds is 6. The molecule has 4 heteroatoms. The van der Waals surface area contributed by atoms with E-state index in [0.29, 0.717) is 29.4 Å². The van der Waals surface area contributed by atoms with Crippen molar-refractivity contribution in [1.82, 2.24) is 0 Å². The molecule has 0 radical (unpaired) electrons. The number of carbonyl (C=O) groups excluding carboxylic acids is 2. The highest BCUT2D eigenvalue weighted by molar-refractivity contribution is 6.22. The number of fused-ring (bicyclic) bond motifs is 2. The first kappa shape index (κ1) is 25.6. The zero-order chi connectivity index (χ0) is 27.6. The van der Waals surface area contributed by atoms with Crippen LogP contribution in [0.3, 0.4) is 0 Å². The molecule has 2 aliphatic heterocycles. The number of anilines is 2. The number of hydrogen-bond acceptors (Lipinski definition) is 3. The summed E-state index contributed by atoms with van der Waals surface area (Å²) < 4.78 is 0. The number of imide groups is 1. The molecule has 2 saturated carbocycles. The van der Waals surface area contributed by atoms with Crippen molar-refractivity contribution in [3.05, 3.63) is 110 Å². The summed E-state index contributed by atoms with van der Waals surface area (Å²) in [7, 11) is 0. The van der Waals surface area contributed by atoms with Gasteiger partial charge in [-0.1, -0.05) is 63.4 Å². The third-order valence-corrected chi connectivity index (χ3v) is 9.97. The standard InChI is InChI=1S/C35H38N2O2/c1-7-26-17-20(3)30-22(5)36(23(6)32(26)30)28-13-9-24(10-14-28)19-25-11-15-29(16-12-25)37-34(38)31-21(4)18-27(8-2)33(31)35(37)39/h7-16,20-21,26-27,30-33H,1-2,5-6,17-19H2,3-4H3. The van der Waals surface area contributed by atoms with E-state index >= 15 is 0 Å². The van der Waals surface area contributed by atoms with Crippen LogP contribution in [0.1, 0.15) is 37.8 Å². The van der Waals surface area contributed by atoms with Crippen molar-refractivity contribution in [2.24, 2.45) is 47.3 Å². The highest BCUT2D eigenvalue weighted by Gasteiger charge is 2.57. The first-order valence-electron chi connectivity index (χ1n) is 14.2. The second-order valence-corrected chi connectivity index (χ2v) is 12.2. The minimum absolute atomic E-state index is 0.0618. The van der Waals surface area contributed by atoms with Gasteiger partial charge in [0.15, 0.2) is 0 Å². The molecule has 4 fully saturated rings. The van der Waals surface area contributed by atoms with Gasteiger partial charge in [0, 0.05) is 28.9 Å². The maximum Gasteiger partial charge on any atom is 0.238 e. The van der Waals surface area contributed by atoms with Crippen molar-refractivity contribution in [2.45, 2.75) is 33.1 Å². The first-order valence-corrected chi connectivity index (χ1v) is 14.2. The second-order valence-electron chi connectivity index (χ2n) is 12.2. The van der Waals surface area contributed by atoms with E-state index in [-0.39, 0.29) is 35.5 Å². The normalized spacial score (nSPS) is 33.6. The van der Waals surface area contributed by atoms with Crippen LogP contribution in [0.25, 0.3) is 0 Å². The number of benzene rings is 2. The Hall–Kier alpha value is -3.66. The van der Waals surface area contributed by atoms with Crippen molar-refractivity contribution >= 4 is 23.2 Å². The van der Waals surface area contributed by atoms with Gasteiger partial charge in [-0.2, -0.15) is 0 Å². The van der Waals surface area contributed by atoms with Gasteiger partial charge < -0.3 is 4.90 Å². The molecule has 2 amide bonds. The number of hydrogen-bond donors (Lipinski definition) is 0. The Morgan fingerprint density at radius 1 is 0.667 bits per heavy atom. The molecule has 8 unspecified atom stereocenters. The van der Waals surface area contributed by atoms with Crippen LogP contribution in [0.5, 0.6) is 0 Å². The summed E-state index contributed by atoms with van der Waals surface area (Å²) in [4.78, 5) is 30.1. The Morgan fingerprint density at radius 2 is 1.10 bits per heavy atom. The topological polar surface area (TPSA) is 40.6 Å². The summed E-state index contributed by atoms with van der Waals surface area (Å²) in [5.74, 6) is 1.49. The molecule has 0 spiro atoms. The molecule has 6 rings (SSSR count). The minimum atomic E-state index is -0.267. The lowest BCUT2D eigenvalue weighted by atomic mass is 9.88. The van der Waals surface area contributed by atoms with Gasteiger partial charge >= 0.3 is 0 Å². The third kappa shape index (κ3) is 3.87. The maximum absolute atomic E-state index is 13.2. The zero-order valence-corrected chi connectivity index (χ0v) is 23.1. The second kappa shape index (κ2) is 9.51. The Kier molecular flexibility index (Phi) is 6.25. The smallest absolute Gasteiger partial charge is 0.238 e. The quantitative estimate of drug-likeness (QED) is 0.301. The summed E-state index contributed by atoms with van der Waals surface area (Å²) in [6, 6.07) is 16.5. The van der Waals surface area contributed by atoms with E-state index in [2.05, 4.69) is 75.4 Å². The molecule has 2 aromatic carbocycles. The van der Waals surface area contributed by atoms with Crippen molar-refractivity contribution in [2.75, 3.05) is 9.80 Å². The summed E-state index contributed by atoms with van der Waals surface area (Å²) in [5, 5.41) is 0. The molecule has 2 saturated heterocycles. The van der Waals surface area contributed by atoms with Gasteiger partial charge in [-0.3, -0.25) is 14.5 Å². The maximum atomic E-state index is 13.2. The van der Waals surface area contributed by atoms with E-state index in [9.17, 15) is 9.59 Å². The molecule has 39 heavy (non-hydrogen) atoms. The van der Waals surface area contributed by atoms with E-state index in [0.717, 1.165) is 41.9 Å². The van der Waals surface area contributed by atoms with Crippen LogP contribution >= 0.6 is 0 Å². The highest BCUT2D eigenvalue weighted by Crippen LogP contribution is 2.56. The molecule has 200 valence electrons. The van der Waals surface area contributed by atoms with E-state index < -0.39 is 0 Å². The Bertz CT molecular complexity index is 1260. The molecule has 4 aliphatic rings. The van der Waals surface area contributed by atoms with Crippen LogP contribution in [-0.4, -0.2) is 11.8 Å². The molecular weight excluding hydrogens is 480 g/mol. The first-order chi connectivity index (χ1) is 18.7. The van der Waals surface area contributed by atoms with Crippen LogP contribution in [0, 0.1) is 47.3 Å². The molecule has 4 nitrogen and oxygen atoms in total. The van der Waals surface area contributed by atoms with Crippen LogP contribution < -0.4 is 9.80 Å². The fourth-order valence-electron chi connectivity index (χ4n) is 8.13. The molecule has 0 bridgehead atoms. The van der Waals surface area contributed by atoms with Crippen LogP contribution in [0.15, 0.2) is 98.4 Å². The van der Waals surface area contributed by atoms with Crippen LogP contribution in [-0.2, 0) is 16.0 Å². The van der Waals surface area contributed by atoms with E-state index in [1.54, 1.807) is 0 Å². The SMILES string of the molecule is C=CC1CC(C)C2C(=C)N(c3ccc(Cc4ccc(N5C(=O)C6C(C)CC(C=C)C6C5=O)cc4)cc3)C(=C)C12. The summed E-state index contributed by atoms with van der Waals surface area (Å²) in [6.45, 7) is 21.3. The Balaban J connectivity index is 1.15. The average Bonchev–Trinajstić information content (AvgIpc) is 3.61. The Labute approximate surface area is 232 Å².